The highest BCUT2D eigenvalue weighted by atomic mass is 35.5. The molecule has 2 heterocycles. The molecule has 134 valence electrons. The van der Waals surface area contributed by atoms with E-state index in [0.717, 1.165) is 53.7 Å². The molecule has 0 radical (unpaired) electrons. The van der Waals surface area contributed by atoms with Crippen LogP contribution in [0.1, 0.15) is 29.8 Å². The average Bonchev–Trinajstić information content (AvgIpc) is 3.19. The molecule has 1 aromatic carbocycles. The van der Waals surface area contributed by atoms with Crippen molar-refractivity contribution >= 4 is 34.6 Å². The van der Waals surface area contributed by atoms with Crippen molar-refractivity contribution in [2.24, 2.45) is 0 Å². The van der Waals surface area contributed by atoms with Gasteiger partial charge in [0.1, 0.15) is 0 Å². The van der Waals surface area contributed by atoms with Crippen LogP contribution < -0.4 is 10.6 Å². The van der Waals surface area contributed by atoms with Crippen molar-refractivity contribution in [2.75, 3.05) is 18.5 Å². The first-order valence-corrected chi connectivity index (χ1v) is 9.27. The molecule has 2 N–H and O–H groups in total. The molecule has 0 bridgehead atoms. The van der Waals surface area contributed by atoms with Crippen LogP contribution >= 0.6 is 23.8 Å². The molecule has 0 spiro atoms. The molecule has 0 saturated carbocycles. The van der Waals surface area contributed by atoms with Crippen molar-refractivity contribution in [3.05, 3.63) is 46.2 Å². The molecule has 0 amide bonds. The van der Waals surface area contributed by atoms with E-state index in [-0.39, 0.29) is 6.10 Å². The van der Waals surface area contributed by atoms with Crippen molar-refractivity contribution in [1.29, 1.82) is 0 Å². The van der Waals surface area contributed by atoms with E-state index in [2.05, 4.69) is 15.7 Å². The van der Waals surface area contributed by atoms with Crippen molar-refractivity contribution < 1.29 is 4.74 Å². The topological polar surface area (TPSA) is 51.1 Å². The first-order valence-electron chi connectivity index (χ1n) is 8.48. The summed E-state index contributed by atoms with van der Waals surface area (Å²) in [5.41, 5.74) is 3.92. The lowest BCUT2D eigenvalue weighted by Crippen LogP contribution is -2.35. The fourth-order valence-electron chi connectivity index (χ4n) is 2.99. The minimum Gasteiger partial charge on any atom is -0.376 e. The maximum Gasteiger partial charge on any atom is 0.170 e. The van der Waals surface area contributed by atoms with Crippen molar-refractivity contribution in [1.82, 2.24) is 15.1 Å². The molecule has 7 heteroatoms. The van der Waals surface area contributed by atoms with Gasteiger partial charge in [-0.2, -0.15) is 5.10 Å². The molecule has 2 aromatic rings. The lowest BCUT2D eigenvalue weighted by atomic mass is 10.2. The maximum absolute atomic E-state index is 6.26. The van der Waals surface area contributed by atoms with Gasteiger partial charge in [0.15, 0.2) is 5.11 Å². The van der Waals surface area contributed by atoms with Gasteiger partial charge in [0.25, 0.3) is 0 Å². The highest BCUT2D eigenvalue weighted by Crippen LogP contribution is 2.22. The van der Waals surface area contributed by atoms with Crippen LogP contribution in [0.2, 0.25) is 5.02 Å². The fourth-order valence-corrected chi connectivity index (χ4v) is 3.37. The van der Waals surface area contributed by atoms with Crippen LogP contribution in [-0.2, 0) is 11.3 Å². The number of aryl methyl sites for hydroxylation is 1. The van der Waals surface area contributed by atoms with Gasteiger partial charge in [0.2, 0.25) is 0 Å². The van der Waals surface area contributed by atoms with E-state index in [1.165, 1.54) is 0 Å². The second kappa shape index (κ2) is 8.17. The smallest absolute Gasteiger partial charge is 0.170 e. The summed E-state index contributed by atoms with van der Waals surface area (Å²) < 4.78 is 7.55. The van der Waals surface area contributed by atoms with Crippen LogP contribution in [0, 0.1) is 13.8 Å². The van der Waals surface area contributed by atoms with Gasteiger partial charge in [-0.15, -0.1) is 0 Å². The van der Waals surface area contributed by atoms with E-state index >= 15 is 0 Å². The number of thiocarbonyl (C=S) groups is 1. The predicted molar refractivity (Wildman–Crippen MR) is 105 cm³/mol. The lowest BCUT2D eigenvalue weighted by molar-refractivity contribution is 0.114. The Morgan fingerprint density at radius 3 is 2.92 bits per heavy atom. The molecular formula is C18H23ClN4OS. The van der Waals surface area contributed by atoms with Gasteiger partial charge in [-0.3, -0.25) is 4.68 Å². The molecule has 1 fully saturated rings. The highest BCUT2D eigenvalue weighted by molar-refractivity contribution is 7.80. The quantitative estimate of drug-likeness (QED) is 0.777. The van der Waals surface area contributed by atoms with E-state index in [9.17, 15) is 0 Å². The number of ether oxygens (including phenoxy) is 1. The molecule has 1 aliphatic heterocycles. The SMILES string of the molecule is Cc1nn(Cc2ccccc2Cl)c(C)c1NC(=S)NCC1CCCO1. The predicted octanol–water partition coefficient (Wildman–Crippen LogP) is 3.67. The van der Waals surface area contributed by atoms with Gasteiger partial charge in [-0.25, -0.2) is 0 Å². The second-order valence-corrected chi connectivity index (χ2v) is 7.08. The normalized spacial score (nSPS) is 16.8. The van der Waals surface area contributed by atoms with Crippen molar-refractivity contribution in [3.63, 3.8) is 0 Å². The summed E-state index contributed by atoms with van der Waals surface area (Å²) >= 11 is 11.7. The third-order valence-corrected chi connectivity index (χ3v) is 5.03. The monoisotopic (exact) mass is 378 g/mol. The third-order valence-electron chi connectivity index (χ3n) is 4.41. The maximum atomic E-state index is 6.26. The first kappa shape index (κ1) is 18.2. The van der Waals surface area contributed by atoms with Crippen LogP contribution in [0.4, 0.5) is 5.69 Å². The van der Waals surface area contributed by atoms with Gasteiger partial charge in [0.05, 0.1) is 29.7 Å². The number of aromatic nitrogens is 2. The Morgan fingerprint density at radius 1 is 1.40 bits per heavy atom. The van der Waals surface area contributed by atoms with E-state index in [4.69, 9.17) is 28.6 Å². The number of hydrogen-bond donors (Lipinski definition) is 2. The van der Waals surface area contributed by atoms with Crippen LogP contribution in [0.3, 0.4) is 0 Å². The number of rotatable bonds is 5. The number of halogens is 1. The summed E-state index contributed by atoms with van der Waals surface area (Å²) in [5.74, 6) is 0. The minimum absolute atomic E-state index is 0.255. The molecule has 1 saturated heterocycles. The first-order chi connectivity index (χ1) is 12.0. The summed E-state index contributed by atoms with van der Waals surface area (Å²) in [4.78, 5) is 0. The van der Waals surface area contributed by atoms with Gasteiger partial charge in [-0.05, 0) is 50.5 Å². The van der Waals surface area contributed by atoms with E-state index in [1.807, 2.05) is 42.8 Å². The number of hydrogen-bond acceptors (Lipinski definition) is 3. The van der Waals surface area contributed by atoms with E-state index in [0.29, 0.717) is 11.7 Å². The molecule has 1 unspecified atom stereocenters. The Labute approximate surface area is 158 Å². The molecule has 1 atom stereocenters. The molecule has 0 aliphatic carbocycles. The zero-order valence-corrected chi connectivity index (χ0v) is 16.1. The highest BCUT2D eigenvalue weighted by Gasteiger charge is 2.17. The fraction of sp³-hybridized carbons (Fsp3) is 0.444. The Kier molecular flexibility index (Phi) is 5.93. The van der Waals surface area contributed by atoms with Crippen LogP contribution in [0.15, 0.2) is 24.3 Å². The van der Waals surface area contributed by atoms with Gasteiger partial charge >= 0.3 is 0 Å². The number of anilines is 1. The van der Waals surface area contributed by atoms with Crippen molar-refractivity contribution in [2.45, 2.75) is 39.3 Å². The number of nitrogens with zero attached hydrogens (tertiary/aromatic N) is 2. The zero-order valence-electron chi connectivity index (χ0n) is 14.5. The molecule has 1 aromatic heterocycles. The summed E-state index contributed by atoms with van der Waals surface area (Å²) in [6.45, 7) is 6.21. The summed E-state index contributed by atoms with van der Waals surface area (Å²) in [5, 5.41) is 12.5. The van der Waals surface area contributed by atoms with Crippen LogP contribution in [0.25, 0.3) is 0 Å². The minimum atomic E-state index is 0.255. The van der Waals surface area contributed by atoms with E-state index < -0.39 is 0 Å². The summed E-state index contributed by atoms with van der Waals surface area (Å²) in [6, 6.07) is 7.82. The van der Waals surface area contributed by atoms with Gasteiger partial charge in [0, 0.05) is 18.2 Å². The number of nitrogens with one attached hydrogen (secondary N) is 2. The van der Waals surface area contributed by atoms with Crippen LogP contribution in [0.5, 0.6) is 0 Å². The Balaban J connectivity index is 1.65. The summed E-state index contributed by atoms with van der Waals surface area (Å²) in [6.07, 6.45) is 2.47. The zero-order chi connectivity index (χ0) is 17.8. The third kappa shape index (κ3) is 4.51. The molecule has 1 aliphatic rings. The molecule has 3 rings (SSSR count). The van der Waals surface area contributed by atoms with E-state index in [1.54, 1.807) is 0 Å². The molecule has 5 nitrogen and oxygen atoms in total. The Hall–Kier alpha value is -1.63. The average molecular weight is 379 g/mol. The molecule has 25 heavy (non-hydrogen) atoms. The lowest BCUT2D eigenvalue weighted by Gasteiger charge is -2.14. The molecular weight excluding hydrogens is 356 g/mol. The van der Waals surface area contributed by atoms with Gasteiger partial charge in [-0.1, -0.05) is 29.8 Å². The standard InChI is InChI=1S/C18H23ClN4OS/c1-12-17(21-18(25)20-10-15-7-5-9-24-15)13(2)23(22-12)11-14-6-3-4-8-16(14)19/h3-4,6,8,15H,5,7,9-11H2,1-2H3,(H2,20,21,25). The second-order valence-electron chi connectivity index (χ2n) is 6.26. The Bertz CT molecular complexity index is 756. The van der Waals surface area contributed by atoms with Gasteiger partial charge < -0.3 is 15.4 Å². The summed E-state index contributed by atoms with van der Waals surface area (Å²) in [7, 11) is 0. The number of benzene rings is 1. The largest absolute Gasteiger partial charge is 0.376 e. The van der Waals surface area contributed by atoms with Crippen molar-refractivity contribution in [3.8, 4) is 0 Å². The Morgan fingerprint density at radius 2 is 2.20 bits per heavy atom. The van der Waals surface area contributed by atoms with Crippen LogP contribution in [-0.4, -0.2) is 34.1 Å².